The molecule has 8 nitrogen and oxygen atoms in total. The minimum atomic E-state index is -1.06. The molecule has 0 aromatic rings. The van der Waals surface area contributed by atoms with E-state index in [0.717, 1.165) is 5.57 Å². The fourth-order valence-corrected chi connectivity index (χ4v) is 5.79. The molecule has 0 bridgehead atoms. The summed E-state index contributed by atoms with van der Waals surface area (Å²) in [7, 11) is 0. The maximum atomic E-state index is 12.5. The molecule has 3 aliphatic rings. The molecule has 33 heavy (non-hydrogen) atoms. The van der Waals surface area contributed by atoms with Gasteiger partial charge in [0.05, 0.1) is 12.2 Å². The molecule has 0 aromatic carbocycles. The number of rotatable bonds is 7. The Bertz CT molecular complexity index is 841. The summed E-state index contributed by atoms with van der Waals surface area (Å²) in [6.45, 7) is 14.8. The highest BCUT2D eigenvalue weighted by Crippen LogP contribution is 2.59. The first-order chi connectivity index (χ1) is 15.4. The molecule has 3 rings (SSSR count). The Morgan fingerprint density at radius 2 is 1.88 bits per heavy atom. The number of hydrogen-bond acceptors (Lipinski definition) is 8. The smallest absolute Gasteiger partial charge is 0.331 e. The van der Waals surface area contributed by atoms with Gasteiger partial charge in [-0.2, -0.15) is 0 Å². The fraction of sp³-hybridized carbons (Fsp3) is 0.720. The summed E-state index contributed by atoms with van der Waals surface area (Å²) in [4.78, 5) is 36.1. The second kappa shape index (κ2) is 9.58. The van der Waals surface area contributed by atoms with Crippen LogP contribution in [0.1, 0.15) is 54.4 Å². The molecule has 1 N–H and O–H groups in total. The number of allylic oxidation sites excluding steroid dienone is 1. The average Bonchev–Trinajstić information content (AvgIpc) is 3.33. The van der Waals surface area contributed by atoms with E-state index in [1.807, 2.05) is 20.8 Å². The molecule has 2 saturated carbocycles. The quantitative estimate of drug-likeness (QED) is 0.201. The van der Waals surface area contributed by atoms with Gasteiger partial charge in [0.25, 0.3) is 0 Å². The molecule has 1 heterocycles. The fourth-order valence-electron chi connectivity index (χ4n) is 5.79. The topological polar surface area (TPSA) is 112 Å². The molecule has 3 fully saturated rings. The second-order valence-electron chi connectivity index (χ2n) is 9.85. The molecule has 184 valence electrons. The van der Waals surface area contributed by atoms with Crippen molar-refractivity contribution >= 4 is 17.9 Å². The predicted octanol–water partition coefficient (Wildman–Crippen LogP) is 2.73. The highest BCUT2D eigenvalue weighted by molar-refractivity contribution is 5.83. The van der Waals surface area contributed by atoms with Crippen molar-refractivity contribution in [3.05, 3.63) is 23.8 Å². The van der Waals surface area contributed by atoms with Crippen LogP contribution in [0.2, 0.25) is 0 Å². The van der Waals surface area contributed by atoms with Gasteiger partial charge in [0.1, 0.15) is 24.4 Å². The lowest BCUT2D eigenvalue weighted by molar-refractivity contribution is -0.166. The number of aliphatic hydroxyl groups is 1. The van der Waals surface area contributed by atoms with E-state index in [-0.39, 0.29) is 17.8 Å². The Labute approximate surface area is 195 Å². The van der Waals surface area contributed by atoms with Gasteiger partial charge >= 0.3 is 17.9 Å². The lowest BCUT2D eigenvalue weighted by atomic mass is 9.61. The summed E-state index contributed by atoms with van der Waals surface area (Å²) in [6, 6.07) is 0. The number of carbonyl (C=O) groups is 3. The minimum Gasteiger partial charge on any atom is -0.462 e. The monoisotopic (exact) mass is 464 g/mol. The van der Waals surface area contributed by atoms with E-state index in [0.29, 0.717) is 25.0 Å². The van der Waals surface area contributed by atoms with Crippen LogP contribution in [0.5, 0.6) is 0 Å². The van der Waals surface area contributed by atoms with Crippen molar-refractivity contribution in [1.29, 1.82) is 0 Å². The first-order valence-corrected chi connectivity index (χ1v) is 11.6. The van der Waals surface area contributed by atoms with Crippen molar-refractivity contribution in [2.45, 2.75) is 84.4 Å². The van der Waals surface area contributed by atoms with Crippen LogP contribution >= 0.6 is 0 Å². The lowest BCUT2D eigenvalue weighted by Gasteiger charge is -2.47. The number of ether oxygens (including phenoxy) is 4. The number of fused-ring (bicyclic) bond motifs is 1. The van der Waals surface area contributed by atoms with Crippen molar-refractivity contribution in [1.82, 2.24) is 0 Å². The summed E-state index contributed by atoms with van der Waals surface area (Å²) >= 11 is 0. The largest absolute Gasteiger partial charge is 0.462 e. The van der Waals surface area contributed by atoms with E-state index < -0.39 is 53.8 Å². The zero-order valence-electron chi connectivity index (χ0n) is 20.3. The van der Waals surface area contributed by atoms with Gasteiger partial charge in [0, 0.05) is 31.8 Å². The van der Waals surface area contributed by atoms with Gasteiger partial charge in [-0.3, -0.25) is 9.59 Å². The van der Waals surface area contributed by atoms with Crippen LogP contribution in [0.25, 0.3) is 0 Å². The zero-order valence-corrected chi connectivity index (χ0v) is 20.3. The van der Waals surface area contributed by atoms with E-state index in [2.05, 4.69) is 6.58 Å². The third-order valence-electron chi connectivity index (χ3n) is 7.44. The molecule has 8 heteroatoms. The van der Waals surface area contributed by atoms with Gasteiger partial charge in [-0.05, 0) is 51.0 Å². The molecule has 0 radical (unpaired) electrons. The van der Waals surface area contributed by atoms with Gasteiger partial charge in [-0.1, -0.05) is 19.1 Å². The van der Waals surface area contributed by atoms with Crippen molar-refractivity contribution in [3.8, 4) is 0 Å². The first-order valence-electron chi connectivity index (χ1n) is 11.6. The van der Waals surface area contributed by atoms with E-state index in [1.54, 1.807) is 6.92 Å². The van der Waals surface area contributed by atoms with Crippen molar-refractivity contribution in [2.75, 3.05) is 6.61 Å². The van der Waals surface area contributed by atoms with Crippen LogP contribution in [0.15, 0.2) is 23.8 Å². The molecule has 0 amide bonds. The first kappa shape index (κ1) is 25.4. The standard InChI is InChI=1S/C25H36O8/c1-8-12(2)9-19(28)33-24-13(3)17-10-18(32-16(6)27)20(14(4)31-15(5)26)21(17)22(23(24)29)25(7)11-30-25/h9,14,17-18,20-24,29H,3,8,10-11H2,1-2,4-7H3/b12-9+/t14-,17-,18-,20-,21-,22-,23+,24-,25+/m0/s1. The Morgan fingerprint density at radius 1 is 1.24 bits per heavy atom. The molecular formula is C25H36O8. The highest BCUT2D eigenvalue weighted by atomic mass is 16.6. The second-order valence-corrected chi connectivity index (χ2v) is 9.85. The van der Waals surface area contributed by atoms with Gasteiger partial charge < -0.3 is 24.1 Å². The van der Waals surface area contributed by atoms with Crippen LogP contribution in [-0.2, 0) is 33.3 Å². The van der Waals surface area contributed by atoms with E-state index in [9.17, 15) is 19.5 Å². The Morgan fingerprint density at radius 3 is 2.39 bits per heavy atom. The molecule has 1 saturated heterocycles. The third-order valence-corrected chi connectivity index (χ3v) is 7.44. The molecule has 2 aliphatic carbocycles. The lowest BCUT2D eigenvalue weighted by Crippen LogP contribution is -2.55. The SMILES string of the molecule is C=C1[C@@H]2C[C@H](OC(C)=O)[C@H]([C@H](C)OC(C)=O)[C@H]2[C@H]([C@@]2(C)CO2)[C@@H](O)[C@H]1OC(=O)/C=C(\C)CC. The molecule has 0 aromatic heterocycles. The number of esters is 3. The van der Waals surface area contributed by atoms with E-state index >= 15 is 0 Å². The van der Waals surface area contributed by atoms with E-state index in [1.165, 1.54) is 19.9 Å². The van der Waals surface area contributed by atoms with E-state index in [4.69, 9.17) is 18.9 Å². The van der Waals surface area contributed by atoms with Gasteiger partial charge in [-0.25, -0.2) is 4.79 Å². The minimum absolute atomic E-state index is 0.208. The molecule has 0 spiro atoms. The van der Waals surface area contributed by atoms with Gasteiger partial charge in [0.2, 0.25) is 0 Å². The van der Waals surface area contributed by atoms with Crippen LogP contribution < -0.4 is 0 Å². The maximum absolute atomic E-state index is 12.5. The van der Waals surface area contributed by atoms with Gasteiger partial charge in [-0.15, -0.1) is 0 Å². The van der Waals surface area contributed by atoms with Crippen LogP contribution in [0, 0.1) is 23.7 Å². The normalized spacial score (nSPS) is 38.8. The van der Waals surface area contributed by atoms with Crippen molar-refractivity contribution in [2.24, 2.45) is 23.7 Å². The average molecular weight is 465 g/mol. The third kappa shape index (κ3) is 5.17. The molecule has 9 atom stereocenters. The summed E-state index contributed by atoms with van der Waals surface area (Å²) in [5, 5.41) is 11.5. The summed E-state index contributed by atoms with van der Waals surface area (Å²) in [5.74, 6) is -2.62. The van der Waals surface area contributed by atoms with Crippen molar-refractivity contribution < 1.29 is 38.4 Å². The Balaban J connectivity index is 1.98. The molecule has 1 aliphatic heterocycles. The Hall–Kier alpha value is -2.19. The Kier molecular flexibility index (Phi) is 7.39. The number of hydrogen-bond donors (Lipinski definition) is 1. The summed E-state index contributed by atoms with van der Waals surface area (Å²) in [6.07, 6.45) is -0.477. The summed E-state index contributed by atoms with van der Waals surface area (Å²) in [5.41, 5.74) is 0.829. The number of epoxide rings is 1. The van der Waals surface area contributed by atoms with Crippen LogP contribution in [0.4, 0.5) is 0 Å². The maximum Gasteiger partial charge on any atom is 0.331 e. The number of aliphatic hydroxyl groups excluding tert-OH is 1. The molecular weight excluding hydrogens is 428 g/mol. The molecule has 0 unspecified atom stereocenters. The predicted molar refractivity (Wildman–Crippen MR) is 119 cm³/mol. The van der Waals surface area contributed by atoms with Gasteiger partial charge in [0.15, 0.2) is 0 Å². The highest BCUT2D eigenvalue weighted by Gasteiger charge is 2.66. The van der Waals surface area contributed by atoms with Crippen LogP contribution in [0.3, 0.4) is 0 Å². The summed E-state index contributed by atoms with van der Waals surface area (Å²) < 4.78 is 22.6. The zero-order chi connectivity index (χ0) is 24.7. The van der Waals surface area contributed by atoms with Crippen molar-refractivity contribution in [3.63, 3.8) is 0 Å². The van der Waals surface area contributed by atoms with Crippen LogP contribution in [-0.4, -0.2) is 59.6 Å². The number of carbonyl (C=O) groups excluding carboxylic acids is 3.